The third kappa shape index (κ3) is 2.44. The molecule has 3 heterocycles. The van der Waals surface area contributed by atoms with E-state index in [1.165, 1.54) is 0 Å². The number of rotatable bonds is 4. The number of hydrogen-bond acceptors (Lipinski definition) is 3. The Morgan fingerprint density at radius 2 is 2.08 bits per heavy atom. The molecule has 6 heteroatoms. The molecule has 0 aliphatic carbocycles. The molecule has 2 aromatic heterocycles. The molecule has 4 rings (SSSR count). The van der Waals surface area contributed by atoms with Gasteiger partial charge in [0.25, 0.3) is 5.91 Å². The largest absolute Gasteiger partial charge is 0.364 e. The number of ether oxygens (including phenoxy) is 1. The summed E-state index contributed by atoms with van der Waals surface area (Å²) in [5, 5.41) is 1.04. The molecule has 0 bridgehead atoms. The van der Waals surface area contributed by atoms with Gasteiger partial charge < -0.3 is 18.8 Å². The second-order valence-corrected chi connectivity index (χ2v) is 6.54. The first kappa shape index (κ1) is 15.9. The maximum absolute atomic E-state index is 13.1. The topological polar surface area (TPSA) is 52.3 Å². The van der Waals surface area contributed by atoms with Crippen LogP contribution in [-0.2, 0) is 31.5 Å². The summed E-state index contributed by atoms with van der Waals surface area (Å²) in [6.07, 6.45) is 2.63. The summed E-state index contributed by atoms with van der Waals surface area (Å²) in [6.45, 7) is 3.73. The van der Waals surface area contributed by atoms with Gasteiger partial charge in [-0.05, 0) is 13.0 Å². The first-order valence-electron chi connectivity index (χ1n) is 8.47. The molecule has 0 saturated carbocycles. The summed E-state index contributed by atoms with van der Waals surface area (Å²) >= 11 is 0. The lowest BCUT2D eigenvalue weighted by Crippen LogP contribution is -2.37. The highest BCUT2D eigenvalue weighted by molar-refractivity contribution is 6.09. The Kier molecular flexibility index (Phi) is 3.84. The summed E-state index contributed by atoms with van der Waals surface area (Å²) in [4.78, 5) is 19.5. The van der Waals surface area contributed by atoms with Gasteiger partial charge in [-0.15, -0.1) is 0 Å². The summed E-state index contributed by atoms with van der Waals surface area (Å²) in [5.41, 5.74) is 5.05. The van der Waals surface area contributed by atoms with Crippen molar-refractivity contribution >= 4 is 16.8 Å². The van der Waals surface area contributed by atoms with E-state index in [4.69, 9.17) is 4.74 Å². The molecule has 0 spiro atoms. The molecule has 0 radical (unpaired) electrons. The predicted molar refractivity (Wildman–Crippen MR) is 95.3 cm³/mol. The number of hydrogen-bond donors (Lipinski definition) is 0. The summed E-state index contributed by atoms with van der Waals surface area (Å²) in [6, 6.07) is 8.11. The van der Waals surface area contributed by atoms with E-state index >= 15 is 0 Å². The Balaban J connectivity index is 1.67. The maximum atomic E-state index is 13.1. The average molecular weight is 338 g/mol. The fraction of sp³-hybridized carbons (Fsp3) is 0.368. The van der Waals surface area contributed by atoms with Crippen LogP contribution in [0, 0.1) is 6.92 Å². The SMILES string of the molecule is COCn1cnc(CN2CCc3c(c4ccccc4n3C)C2=O)c1C. The Morgan fingerprint density at radius 1 is 1.28 bits per heavy atom. The minimum atomic E-state index is 0.0961. The first-order valence-corrected chi connectivity index (χ1v) is 8.47. The zero-order valence-corrected chi connectivity index (χ0v) is 14.8. The quantitative estimate of drug-likeness (QED) is 0.734. The second-order valence-electron chi connectivity index (χ2n) is 6.54. The van der Waals surface area contributed by atoms with Crippen molar-refractivity contribution in [3.8, 4) is 0 Å². The smallest absolute Gasteiger partial charge is 0.256 e. The van der Waals surface area contributed by atoms with Crippen LogP contribution >= 0.6 is 0 Å². The lowest BCUT2D eigenvalue weighted by atomic mass is 10.0. The molecule has 6 nitrogen and oxygen atoms in total. The van der Waals surface area contributed by atoms with E-state index in [-0.39, 0.29) is 5.91 Å². The van der Waals surface area contributed by atoms with Gasteiger partial charge in [-0.3, -0.25) is 4.79 Å². The number of aromatic nitrogens is 3. The zero-order chi connectivity index (χ0) is 17.6. The third-order valence-electron chi connectivity index (χ3n) is 5.16. The monoisotopic (exact) mass is 338 g/mol. The molecular weight excluding hydrogens is 316 g/mol. The number of para-hydroxylation sites is 1. The van der Waals surface area contributed by atoms with E-state index in [0.29, 0.717) is 19.8 Å². The van der Waals surface area contributed by atoms with Gasteiger partial charge in [-0.1, -0.05) is 18.2 Å². The van der Waals surface area contributed by atoms with E-state index in [1.54, 1.807) is 13.4 Å². The fourth-order valence-electron chi connectivity index (χ4n) is 3.72. The lowest BCUT2D eigenvalue weighted by Gasteiger charge is -2.27. The molecule has 1 aliphatic rings. The van der Waals surface area contributed by atoms with E-state index < -0.39 is 0 Å². The minimum Gasteiger partial charge on any atom is -0.364 e. The third-order valence-corrected chi connectivity index (χ3v) is 5.16. The first-order chi connectivity index (χ1) is 12.1. The van der Waals surface area contributed by atoms with Crippen LogP contribution < -0.4 is 0 Å². The number of aryl methyl sites for hydroxylation is 1. The molecule has 0 saturated heterocycles. The van der Waals surface area contributed by atoms with Crippen LogP contribution in [0.5, 0.6) is 0 Å². The molecular formula is C19H22N4O2. The molecule has 1 amide bonds. The van der Waals surface area contributed by atoms with Crippen molar-refractivity contribution in [2.45, 2.75) is 26.6 Å². The number of benzene rings is 1. The van der Waals surface area contributed by atoms with Crippen LogP contribution in [0.3, 0.4) is 0 Å². The summed E-state index contributed by atoms with van der Waals surface area (Å²) < 4.78 is 9.27. The van der Waals surface area contributed by atoms with E-state index in [1.807, 2.05) is 41.6 Å². The summed E-state index contributed by atoms with van der Waals surface area (Å²) in [5.74, 6) is 0.0961. The van der Waals surface area contributed by atoms with Gasteiger partial charge in [0.05, 0.1) is 24.1 Å². The number of nitrogens with zero attached hydrogens (tertiary/aromatic N) is 4. The number of methoxy groups -OCH3 is 1. The van der Waals surface area contributed by atoms with E-state index in [0.717, 1.165) is 40.0 Å². The van der Waals surface area contributed by atoms with Crippen molar-refractivity contribution in [2.75, 3.05) is 13.7 Å². The molecule has 0 unspecified atom stereocenters. The van der Waals surface area contributed by atoms with Crippen molar-refractivity contribution in [1.29, 1.82) is 0 Å². The molecule has 0 N–H and O–H groups in total. The number of carbonyl (C=O) groups excluding carboxylic acids is 1. The molecule has 1 aromatic carbocycles. The Hall–Kier alpha value is -2.60. The van der Waals surface area contributed by atoms with Gasteiger partial charge in [0.15, 0.2) is 0 Å². The number of carbonyl (C=O) groups is 1. The van der Waals surface area contributed by atoms with Crippen LogP contribution in [0.25, 0.3) is 10.9 Å². The van der Waals surface area contributed by atoms with Crippen molar-refractivity contribution < 1.29 is 9.53 Å². The highest BCUT2D eigenvalue weighted by Crippen LogP contribution is 2.30. The fourth-order valence-corrected chi connectivity index (χ4v) is 3.72. The standard InChI is InChI=1S/C19H22N4O2/c1-13-15(20-11-23(13)12-25-3)10-22-9-8-17-18(19(22)24)14-6-4-5-7-16(14)21(17)2/h4-7,11H,8-10,12H2,1-3H3. The van der Waals surface area contributed by atoms with Crippen LogP contribution in [-0.4, -0.2) is 38.6 Å². The number of amides is 1. The van der Waals surface area contributed by atoms with E-state index in [9.17, 15) is 4.79 Å². The van der Waals surface area contributed by atoms with Gasteiger partial charge >= 0.3 is 0 Å². The van der Waals surface area contributed by atoms with Gasteiger partial charge in [-0.2, -0.15) is 0 Å². The van der Waals surface area contributed by atoms with Crippen LogP contribution in [0.2, 0.25) is 0 Å². The molecule has 1 aliphatic heterocycles. The van der Waals surface area contributed by atoms with Gasteiger partial charge in [0, 0.05) is 49.4 Å². The van der Waals surface area contributed by atoms with Crippen LogP contribution in [0.4, 0.5) is 0 Å². The number of fused-ring (bicyclic) bond motifs is 3. The van der Waals surface area contributed by atoms with Crippen molar-refractivity contribution in [3.63, 3.8) is 0 Å². The molecule has 130 valence electrons. The highest BCUT2D eigenvalue weighted by atomic mass is 16.5. The molecule has 25 heavy (non-hydrogen) atoms. The van der Waals surface area contributed by atoms with Gasteiger partial charge in [-0.25, -0.2) is 4.98 Å². The lowest BCUT2D eigenvalue weighted by molar-refractivity contribution is 0.0725. The molecule has 3 aromatic rings. The van der Waals surface area contributed by atoms with Crippen molar-refractivity contribution in [3.05, 3.63) is 53.2 Å². The van der Waals surface area contributed by atoms with E-state index in [2.05, 4.69) is 15.6 Å². The molecule has 0 fully saturated rings. The normalized spacial score (nSPS) is 14.4. The maximum Gasteiger partial charge on any atom is 0.256 e. The zero-order valence-electron chi connectivity index (χ0n) is 14.8. The van der Waals surface area contributed by atoms with Crippen LogP contribution in [0.1, 0.15) is 27.4 Å². The minimum absolute atomic E-state index is 0.0961. The predicted octanol–water partition coefficient (Wildman–Crippen LogP) is 2.49. The summed E-state index contributed by atoms with van der Waals surface area (Å²) in [7, 11) is 3.70. The Morgan fingerprint density at radius 3 is 2.88 bits per heavy atom. The van der Waals surface area contributed by atoms with Gasteiger partial charge in [0.2, 0.25) is 0 Å². The van der Waals surface area contributed by atoms with Crippen LogP contribution in [0.15, 0.2) is 30.6 Å². The molecule has 0 atom stereocenters. The second kappa shape index (κ2) is 6.04. The number of imidazole rings is 1. The average Bonchev–Trinajstić information content (AvgIpc) is 3.11. The van der Waals surface area contributed by atoms with Gasteiger partial charge in [0.1, 0.15) is 6.73 Å². The van der Waals surface area contributed by atoms with Crippen molar-refractivity contribution in [2.24, 2.45) is 7.05 Å². The highest BCUT2D eigenvalue weighted by Gasteiger charge is 2.30. The Bertz CT molecular complexity index is 954. The van der Waals surface area contributed by atoms with Crippen molar-refractivity contribution in [1.82, 2.24) is 19.0 Å². The Labute approximate surface area is 146 Å².